The van der Waals surface area contributed by atoms with Gasteiger partial charge in [0.2, 0.25) is 0 Å². The fraction of sp³-hybridized carbons (Fsp3) is 0.692. The second-order valence-electron chi connectivity index (χ2n) is 4.80. The highest BCUT2D eigenvalue weighted by atomic mass is 16.5. The maximum Gasteiger partial charge on any atom is 0.137 e. The number of anilines is 2. The molecule has 1 N–H and O–H groups in total. The summed E-state index contributed by atoms with van der Waals surface area (Å²) in [5.41, 5.74) is 1.11. The minimum Gasteiger partial charge on any atom is -0.377 e. The molecule has 100 valence electrons. The largest absolute Gasteiger partial charge is 0.377 e. The fourth-order valence-corrected chi connectivity index (χ4v) is 2.35. The average molecular weight is 250 g/mol. The molecule has 0 aromatic carbocycles. The minimum atomic E-state index is 0.250. The van der Waals surface area contributed by atoms with Crippen molar-refractivity contribution in [3.63, 3.8) is 0 Å². The van der Waals surface area contributed by atoms with Crippen LogP contribution in [0.15, 0.2) is 0 Å². The molecule has 0 amide bonds. The number of rotatable bonds is 2. The molecule has 1 fully saturated rings. The van der Waals surface area contributed by atoms with E-state index in [0.717, 1.165) is 49.1 Å². The van der Waals surface area contributed by atoms with E-state index in [1.54, 1.807) is 0 Å². The molecule has 0 bridgehead atoms. The summed E-state index contributed by atoms with van der Waals surface area (Å²) >= 11 is 0. The first-order valence-electron chi connectivity index (χ1n) is 6.51. The Morgan fingerprint density at radius 1 is 1.33 bits per heavy atom. The van der Waals surface area contributed by atoms with Gasteiger partial charge in [-0.15, -0.1) is 0 Å². The molecule has 0 spiro atoms. The van der Waals surface area contributed by atoms with Crippen LogP contribution in [0.25, 0.3) is 0 Å². The van der Waals surface area contributed by atoms with Crippen molar-refractivity contribution in [2.75, 3.05) is 37.0 Å². The number of aromatic nitrogens is 2. The van der Waals surface area contributed by atoms with Crippen molar-refractivity contribution in [2.24, 2.45) is 0 Å². The summed E-state index contributed by atoms with van der Waals surface area (Å²) in [7, 11) is 1.90. The lowest BCUT2D eigenvalue weighted by atomic mass is 10.2. The number of aryl methyl sites for hydroxylation is 1. The van der Waals surface area contributed by atoms with Gasteiger partial charge >= 0.3 is 0 Å². The maximum atomic E-state index is 5.68. The lowest BCUT2D eigenvalue weighted by Gasteiger charge is -2.25. The smallest absolute Gasteiger partial charge is 0.137 e. The van der Waals surface area contributed by atoms with E-state index in [1.807, 2.05) is 14.0 Å². The first kappa shape index (κ1) is 13.1. The van der Waals surface area contributed by atoms with Gasteiger partial charge in [0.1, 0.15) is 17.5 Å². The molecule has 2 heterocycles. The van der Waals surface area contributed by atoms with Crippen molar-refractivity contribution >= 4 is 11.6 Å². The molecule has 1 saturated heterocycles. The molecule has 1 aromatic heterocycles. The third-order valence-electron chi connectivity index (χ3n) is 3.22. The molecule has 5 nitrogen and oxygen atoms in total. The number of hydrogen-bond acceptors (Lipinski definition) is 5. The van der Waals surface area contributed by atoms with Crippen molar-refractivity contribution in [1.82, 2.24) is 9.97 Å². The summed E-state index contributed by atoms with van der Waals surface area (Å²) < 4.78 is 5.68. The first-order chi connectivity index (χ1) is 8.61. The van der Waals surface area contributed by atoms with E-state index >= 15 is 0 Å². The fourth-order valence-electron chi connectivity index (χ4n) is 2.35. The predicted molar refractivity (Wildman–Crippen MR) is 73.3 cm³/mol. The zero-order valence-corrected chi connectivity index (χ0v) is 11.7. The summed E-state index contributed by atoms with van der Waals surface area (Å²) in [6.45, 7) is 8.82. The van der Waals surface area contributed by atoms with Crippen LogP contribution in [-0.2, 0) is 4.74 Å². The van der Waals surface area contributed by atoms with Crippen LogP contribution in [0.5, 0.6) is 0 Å². The van der Waals surface area contributed by atoms with Crippen LogP contribution in [0, 0.1) is 13.8 Å². The monoisotopic (exact) mass is 250 g/mol. The SMILES string of the molecule is CNc1nc(C)nc(N2CCCOC(C)C2)c1C. The van der Waals surface area contributed by atoms with Gasteiger partial charge in [0.15, 0.2) is 0 Å². The summed E-state index contributed by atoms with van der Waals surface area (Å²) in [6.07, 6.45) is 1.29. The molecular weight excluding hydrogens is 228 g/mol. The van der Waals surface area contributed by atoms with Gasteiger partial charge in [-0.2, -0.15) is 0 Å². The van der Waals surface area contributed by atoms with Crippen LogP contribution < -0.4 is 10.2 Å². The van der Waals surface area contributed by atoms with E-state index in [4.69, 9.17) is 4.74 Å². The van der Waals surface area contributed by atoms with Crippen molar-refractivity contribution in [3.05, 3.63) is 11.4 Å². The number of ether oxygens (including phenoxy) is 1. The molecule has 1 aliphatic heterocycles. The highest BCUT2D eigenvalue weighted by Gasteiger charge is 2.20. The molecule has 0 saturated carbocycles. The van der Waals surface area contributed by atoms with Gasteiger partial charge in [0, 0.05) is 32.3 Å². The normalized spacial score (nSPS) is 20.7. The third kappa shape index (κ3) is 2.72. The van der Waals surface area contributed by atoms with E-state index in [-0.39, 0.29) is 6.10 Å². The number of nitrogens with zero attached hydrogens (tertiary/aromatic N) is 3. The van der Waals surface area contributed by atoms with E-state index in [0.29, 0.717) is 0 Å². The van der Waals surface area contributed by atoms with E-state index < -0.39 is 0 Å². The van der Waals surface area contributed by atoms with Crippen molar-refractivity contribution in [1.29, 1.82) is 0 Å². The van der Waals surface area contributed by atoms with Gasteiger partial charge in [-0.1, -0.05) is 0 Å². The zero-order valence-electron chi connectivity index (χ0n) is 11.7. The van der Waals surface area contributed by atoms with E-state index in [9.17, 15) is 0 Å². The molecule has 1 unspecified atom stereocenters. The summed E-state index contributed by atoms with van der Waals surface area (Å²) in [5.74, 6) is 2.75. The maximum absolute atomic E-state index is 5.68. The molecular formula is C13H22N4O. The lowest BCUT2D eigenvalue weighted by molar-refractivity contribution is 0.0820. The van der Waals surface area contributed by atoms with Crippen LogP contribution in [-0.4, -0.2) is 42.8 Å². The van der Waals surface area contributed by atoms with E-state index in [1.165, 1.54) is 0 Å². The molecule has 1 atom stereocenters. The van der Waals surface area contributed by atoms with Gasteiger partial charge < -0.3 is 15.0 Å². The standard InChI is InChI=1S/C13H22N4O/c1-9-8-17(6-5-7-18-9)13-10(2)12(14-4)15-11(3)16-13/h9H,5-8H2,1-4H3,(H,14,15,16). The average Bonchev–Trinajstić information content (AvgIpc) is 2.56. The lowest BCUT2D eigenvalue weighted by Crippen LogP contribution is -2.32. The van der Waals surface area contributed by atoms with Gasteiger partial charge in [0.25, 0.3) is 0 Å². The Labute approximate surface area is 109 Å². The van der Waals surface area contributed by atoms with Crippen LogP contribution in [0.4, 0.5) is 11.6 Å². The van der Waals surface area contributed by atoms with Crippen molar-refractivity contribution in [2.45, 2.75) is 33.3 Å². The Morgan fingerprint density at radius 2 is 2.11 bits per heavy atom. The van der Waals surface area contributed by atoms with Gasteiger partial charge in [-0.05, 0) is 27.2 Å². The van der Waals surface area contributed by atoms with Gasteiger partial charge in [-0.25, -0.2) is 9.97 Å². The Balaban J connectivity index is 2.33. The molecule has 0 aliphatic carbocycles. The number of nitrogens with one attached hydrogen (secondary N) is 1. The summed E-state index contributed by atoms with van der Waals surface area (Å²) in [4.78, 5) is 11.3. The van der Waals surface area contributed by atoms with Crippen molar-refractivity contribution in [3.8, 4) is 0 Å². The van der Waals surface area contributed by atoms with Gasteiger partial charge in [0.05, 0.1) is 6.10 Å². The van der Waals surface area contributed by atoms with Crippen molar-refractivity contribution < 1.29 is 4.74 Å². The Bertz CT molecular complexity index is 422. The second-order valence-corrected chi connectivity index (χ2v) is 4.80. The molecule has 5 heteroatoms. The minimum absolute atomic E-state index is 0.250. The summed E-state index contributed by atoms with van der Waals surface area (Å²) in [6, 6.07) is 0. The summed E-state index contributed by atoms with van der Waals surface area (Å²) in [5, 5.41) is 3.13. The molecule has 2 rings (SSSR count). The van der Waals surface area contributed by atoms with Crippen LogP contribution >= 0.6 is 0 Å². The van der Waals surface area contributed by atoms with Gasteiger partial charge in [-0.3, -0.25) is 0 Å². The highest BCUT2D eigenvalue weighted by Crippen LogP contribution is 2.24. The Hall–Kier alpha value is -1.36. The quantitative estimate of drug-likeness (QED) is 0.866. The second kappa shape index (κ2) is 5.52. The van der Waals surface area contributed by atoms with E-state index in [2.05, 4.69) is 34.0 Å². The van der Waals surface area contributed by atoms with Crippen LogP contribution in [0.3, 0.4) is 0 Å². The number of hydrogen-bond donors (Lipinski definition) is 1. The molecule has 1 aliphatic rings. The highest BCUT2D eigenvalue weighted by molar-refractivity contribution is 5.58. The third-order valence-corrected chi connectivity index (χ3v) is 3.22. The zero-order chi connectivity index (χ0) is 13.1. The predicted octanol–water partition coefficient (Wildman–Crippen LogP) is 1.75. The molecule has 0 radical (unpaired) electrons. The van der Waals surface area contributed by atoms with Crippen LogP contribution in [0.1, 0.15) is 24.7 Å². The van der Waals surface area contributed by atoms with Crippen LogP contribution in [0.2, 0.25) is 0 Å². The molecule has 18 heavy (non-hydrogen) atoms. The Morgan fingerprint density at radius 3 is 2.83 bits per heavy atom. The molecule has 1 aromatic rings. The Kier molecular flexibility index (Phi) is 4.01. The topological polar surface area (TPSA) is 50.3 Å². The first-order valence-corrected chi connectivity index (χ1v) is 6.51.